The summed E-state index contributed by atoms with van der Waals surface area (Å²) in [5.41, 5.74) is 4.33. The fraction of sp³-hybridized carbons (Fsp3) is 0.304. The number of aromatic nitrogens is 1. The van der Waals surface area contributed by atoms with Gasteiger partial charge in [-0.25, -0.2) is 4.98 Å². The van der Waals surface area contributed by atoms with E-state index in [-0.39, 0.29) is 24.0 Å². The third-order valence-corrected chi connectivity index (χ3v) is 5.95. The molecule has 0 unspecified atom stereocenters. The van der Waals surface area contributed by atoms with E-state index in [9.17, 15) is 0 Å². The molecule has 8 heteroatoms. The monoisotopic (exact) mass is 549 g/mol. The zero-order chi connectivity index (χ0) is 20.6. The first-order chi connectivity index (χ1) is 14.8. The Morgan fingerprint density at radius 2 is 1.74 bits per heavy atom. The molecule has 1 saturated heterocycles. The Morgan fingerprint density at radius 1 is 1.03 bits per heavy atom. The van der Waals surface area contributed by atoms with Gasteiger partial charge in [0.15, 0.2) is 5.96 Å². The fourth-order valence-electron chi connectivity index (χ4n) is 3.33. The van der Waals surface area contributed by atoms with E-state index in [1.165, 1.54) is 22.8 Å². The minimum absolute atomic E-state index is 0. The number of benzene rings is 2. The van der Waals surface area contributed by atoms with Crippen LogP contribution in [0.3, 0.4) is 0 Å². The molecule has 6 nitrogen and oxygen atoms in total. The summed E-state index contributed by atoms with van der Waals surface area (Å²) in [5, 5.41) is 6.65. The summed E-state index contributed by atoms with van der Waals surface area (Å²) in [6.07, 6.45) is 1.68. The minimum Gasteiger partial charge on any atom is -0.444 e. The highest BCUT2D eigenvalue weighted by Crippen LogP contribution is 2.20. The van der Waals surface area contributed by atoms with Crippen molar-refractivity contribution in [2.24, 2.45) is 4.99 Å². The standard InChI is InChI=1S/C23H27N5OS.HI/c1-24-23(26-16-20-17-29-22(27-20)19-5-3-2-4-6-19)25-15-18-7-9-21(10-8-18)28-11-13-30-14-12-28;/h2-10,17H,11-16H2,1H3,(H2,24,25,26);1H. The van der Waals surface area contributed by atoms with Gasteiger partial charge >= 0.3 is 0 Å². The third kappa shape index (κ3) is 6.64. The summed E-state index contributed by atoms with van der Waals surface area (Å²) in [7, 11) is 1.77. The van der Waals surface area contributed by atoms with Gasteiger partial charge in [0.05, 0.1) is 12.2 Å². The number of anilines is 1. The first-order valence-electron chi connectivity index (χ1n) is 10.2. The molecule has 1 aromatic heterocycles. The molecule has 164 valence electrons. The van der Waals surface area contributed by atoms with Crippen molar-refractivity contribution >= 4 is 47.4 Å². The molecule has 4 rings (SSSR count). The van der Waals surface area contributed by atoms with Crippen LogP contribution in [0.2, 0.25) is 0 Å². The van der Waals surface area contributed by atoms with E-state index in [4.69, 9.17) is 4.42 Å². The molecule has 0 radical (unpaired) electrons. The SMILES string of the molecule is CN=C(NCc1ccc(N2CCSCC2)cc1)NCc1coc(-c2ccccc2)n1.I. The summed E-state index contributed by atoms with van der Waals surface area (Å²) in [6, 6.07) is 18.7. The van der Waals surface area contributed by atoms with Crippen molar-refractivity contribution in [2.75, 3.05) is 36.5 Å². The van der Waals surface area contributed by atoms with Crippen LogP contribution >= 0.6 is 35.7 Å². The first-order valence-corrected chi connectivity index (χ1v) is 11.3. The molecule has 2 N–H and O–H groups in total. The van der Waals surface area contributed by atoms with Gasteiger partial charge in [-0.15, -0.1) is 24.0 Å². The van der Waals surface area contributed by atoms with Crippen LogP contribution in [0.5, 0.6) is 0 Å². The molecule has 2 heterocycles. The van der Waals surface area contributed by atoms with Crippen LogP contribution in [0.25, 0.3) is 11.5 Å². The summed E-state index contributed by atoms with van der Waals surface area (Å²) in [5.74, 6) is 3.78. The van der Waals surface area contributed by atoms with Gasteiger partial charge in [-0.1, -0.05) is 30.3 Å². The molecular formula is C23H28IN5OS. The van der Waals surface area contributed by atoms with Crippen LogP contribution in [-0.2, 0) is 13.1 Å². The van der Waals surface area contributed by atoms with Gasteiger partial charge in [-0.3, -0.25) is 4.99 Å². The molecule has 0 amide bonds. The maximum atomic E-state index is 5.59. The second kappa shape index (κ2) is 12.0. The van der Waals surface area contributed by atoms with Crippen molar-refractivity contribution in [3.8, 4) is 11.5 Å². The van der Waals surface area contributed by atoms with Gasteiger partial charge in [-0.05, 0) is 29.8 Å². The second-order valence-electron chi connectivity index (χ2n) is 7.06. The zero-order valence-corrected chi connectivity index (χ0v) is 20.7. The average Bonchev–Trinajstić information content (AvgIpc) is 3.30. The number of hydrogen-bond donors (Lipinski definition) is 2. The predicted molar refractivity (Wildman–Crippen MR) is 140 cm³/mol. The maximum absolute atomic E-state index is 5.59. The lowest BCUT2D eigenvalue weighted by Crippen LogP contribution is -2.36. The fourth-order valence-corrected chi connectivity index (χ4v) is 4.23. The number of rotatable bonds is 6. The summed E-state index contributed by atoms with van der Waals surface area (Å²) < 4.78 is 5.59. The van der Waals surface area contributed by atoms with Crippen LogP contribution in [0, 0.1) is 0 Å². The number of nitrogens with zero attached hydrogens (tertiary/aromatic N) is 3. The van der Waals surface area contributed by atoms with Crippen molar-refractivity contribution < 1.29 is 4.42 Å². The van der Waals surface area contributed by atoms with E-state index in [0.717, 1.165) is 30.3 Å². The van der Waals surface area contributed by atoms with Crippen molar-refractivity contribution in [1.29, 1.82) is 0 Å². The molecular weight excluding hydrogens is 521 g/mol. The number of aliphatic imine (C=N–C) groups is 1. The molecule has 1 aliphatic heterocycles. The second-order valence-corrected chi connectivity index (χ2v) is 8.28. The van der Waals surface area contributed by atoms with E-state index >= 15 is 0 Å². The Morgan fingerprint density at radius 3 is 2.45 bits per heavy atom. The summed E-state index contributed by atoms with van der Waals surface area (Å²) in [6.45, 7) is 3.52. The number of nitrogens with one attached hydrogen (secondary N) is 2. The van der Waals surface area contributed by atoms with E-state index < -0.39 is 0 Å². The van der Waals surface area contributed by atoms with Crippen LogP contribution in [-0.4, -0.2) is 42.6 Å². The Labute approximate surface area is 204 Å². The molecule has 1 aliphatic rings. The minimum atomic E-state index is 0. The highest BCUT2D eigenvalue weighted by molar-refractivity contribution is 14.0. The van der Waals surface area contributed by atoms with Crippen LogP contribution in [0.1, 0.15) is 11.3 Å². The van der Waals surface area contributed by atoms with Gasteiger partial charge in [0, 0.05) is 49.4 Å². The lowest BCUT2D eigenvalue weighted by Gasteiger charge is -2.28. The van der Waals surface area contributed by atoms with Crippen LogP contribution in [0.15, 0.2) is 70.3 Å². The molecule has 0 aliphatic carbocycles. The molecule has 2 aromatic carbocycles. The molecule has 0 spiro atoms. The number of halogens is 1. The smallest absolute Gasteiger partial charge is 0.226 e. The van der Waals surface area contributed by atoms with Crippen molar-refractivity contribution in [3.05, 3.63) is 72.1 Å². The average molecular weight is 549 g/mol. The Balaban J connectivity index is 0.00000272. The van der Waals surface area contributed by atoms with Crippen LogP contribution < -0.4 is 15.5 Å². The molecule has 1 fully saturated rings. The molecule has 31 heavy (non-hydrogen) atoms. The zero-order valence-electron chi connectivity index (χ0n) is 17.6. The normalized spacial score (nSPS) is 14.1. The van der Waals surface area contributed by atoms with Crippen LogP contribution in [0.4, 0.5) is 5.69 Å². The number of oxazole rings is 1. The Hall–Kier alpha value is -2.20. The molecule has 0 bridgehead atoms. The Kier molecular flexibility index (Phi) is 9.08. The quantitative estimate of drug-likeness (QED) is 0.271. The van der Waals surface area contributed by atoms with E-state index in [0.29, 0.717) is 19.0 Å². The van der Waals surface area contributed by atoms with E-state index in [2.05, 4.69) is 49.8 Å². The van der Waals surface area contributed by atoms with Gasteiger partial charge in [0.1, 0.15) is 6.26 Å². The largest absolute Gasteiger partial charge is 0.444 e. The van der Waals surface area contributed by atoms with Gasteiger partial charge in [-0.2, -0.15) is 11.8 Å². The summed E-state index contributed by atoms with van der Waals surface area (Å²) in [4.78, 5) is 11.3. The van der Waals surface area contributed by atoms with E-state index in [1.807, 2.05) is 42.1 Å². The van der Waals surface area contributed by atoms with Crippen molar-refractivity contribution in [2.45, 2.75) is 13.1 Å². The number of hydrogen-bond acceptors (Lipinski definition) is 5. The highest BCUT2D eigenvalue weighted by atomic mass is 127. The van der Waals surface area contributed by atoms with Crippen molar-refractivity contribution in [1.82, 2.24) is 15.6 Å². The predicted octanol–water partition coefficient (Wildman–Crippen LogP) is 4.38. The Bertz CT molecular complexity index is 956. The van der Waals surface area contributed by atoms with Crippen molar-refractivity contribution in [3.63, 3.8) is 0 Å². The lowest BCUT2D eigenvalue weighted by atomic mass is 10.2. The third-order valence-electron chi connectivity index (χ3n) is 5.01. The lowest BCUT2D eigenvalue weighted by molar-refractivity contribution is 0.572. The molecule has 0 saturated carbocycles. The van der Waals surface area contributed by atoms with Gasteiger partial charge < -0.3 is 20.0 Å². The topological polar surface area (TPSA) is 65.7 Å². The number of guanidine groups is 1. The van der Waals surface area contributed by atoms with E-state index in [1.54, 1.807) is 13.3 Å². The number of thioether (sulfide) groups is 1. The maximum Gasteiger partial charge on any atom is 0.226 e. The van der Waals surface area contributed by atoms with Gasteiger partial charge in [0.25, 0.3) is 0 Å². The first kappa shape index (κ1) is 23.5. The van der Waals surface area contributed by atoms with Gasteiger partial charge in [0.2, 0.25) is 5.89 Å². The summed E-state index contributed by atoms with van der Waals surface area (Å²) >= 11 is 2.03. The highest BCUT2D eigenvalue weighted by Gasteiger charge is 2.11. The molecule has 0 atom stereocenters. The molecule has 3 aromatic rings.